The average molecular weight is 338 g/mol. The zero-order chi connectivity index (χ0) is 17.8. The van der Waals surface area contributed by atoms with Crippen LogP contribution in [-0.2, 0) is 28.6 Å². The highest BCUT2D eigenvalue weighted by Crippen LogP contribution is 2.77. The molecule has 7 nitrogen and oxygen atoms in total. The van der Waals surface area contributed by atoms with Crippen molar-refractivity contribution >= 4 is 17.9 Å². The van der Waals surface area contributed by atoms with E-state index in [1.807, 2.05) is 13.8 Å². The summed E-state index contributed by atoms with van der Waals surface area (Å²) >= 11 is 0. The first-order valence-corrected chi connectivity index (χ1v) is 8.31. The van der Waals surface area contributed by atoms with Crippen molar-refractivity contribution < 1.29 is 33.7 Å². The molecule has 2 aliphatic carbocycles. The van der Waals surface area contributed by atoms with E-state index in [4.69, 9.17) is 14.2 Å². The molecule has 0 aromatic rings. The van der Waals surface area contributed by atoms with Crippen LogP contribution < -0.4 is 0 Å². The van der Waals surface area contributed by atoms with Gasteiger partial charge in [-0.3, -0.25) is 9.59 Å². The fourth-order valence-electron chi connectivity index (χ4n) is 6.22. The summed E-state index contributed by atoms with van der Waals surface area (Å²) in [5.74, 6) is -1.82. The number of carbonyl (C=O) groups is 3. The van der Waals surface area contributed by atoms with Gasteiger partial charge in [-0.15, -0.1) is 0 Å². The number of ether oxygens (including phenoxy) is 3. The molecule has 4 fully saturated rings. The quantitative estimate of drug-likeness (QED) is 0.555. The van der Waals surface area contributed by atoms with Gasteiger partial charge < -0.3 is 19.3 Å². The summed E-state index contributed by atoms with van der Waals surface area (Å²) in [6.07, 6.45) is 0.925. The Hall–Kier alpha value is -1.63. The zero-order valence-corrected chi connectivity index (χ0v) is 14.3. The summed E-state index contributed by atoms with van der Waals surface area (Å²) in [5.41, 5.74) is -7.05. The molecule has 0 amide bonds. The predicted octanol–water partition coefficient (Wildman–Crippen LogP) is 0.718. The minimum absolute atomic E-state index is 0.0260. The monoisotopic (exact) mass is 338 g/mol. The van der Waals surface area contributed by atoms with Gasteiger partial charge in [0.25, 0.3) is 0 Å². The minimum Gasteiger partial charge on any atom is -0.468 e. The molecule has 2 bridgehead atoms. The second-order valence-corrected chi connectivity index (χ2v) is 8.27. The minimum atomic E-state index is -2.04. The lowest BCUT2D eigenvalue weighted by atomic mass is 9.50. The first-order chi connectivity index (χ1) is 11.0. The molecule has 0 aromatic carbocycles. The lowest BCUT2D eigenvalue weighted by molar-refractivity contribution is -0.242. The van der Waals surface area contributed by atoms with Gasteiger partial charge in [-0.05, 0) is 25.7 Å². The number of aliphatic hydroxyl groups is 1. The van der Waals surface area contributed by atoms with Crippen LogP contribution in [0, 0.1) is 16.7 Å². The van der Waals surface area contributed by atoms with Crippen LogP contribution in [-0.4, -0.2) is 46.9 Å². The van der Waals surface area contributed by atoms with Crippen LogP contribution in [0.5, 0.6) is 0 Å². The molecule has 2 aliphatic heterocycles. The van der Waals surface area contributed by atoms with Gasteiger partial charge in [0.1, 0.15) is 5.41 Å². The van der Waals surface area contributed by atoms with Crippen LogP contribution in [0.4, 0.5) is 0 Å². The zero-order valence-electron chi connectivity index (χ0n) is 14.3. The molecule has 0 aromatic heterocycles. The Morgan fingerprint density at radius 3 is 2.58 bits per heavy atom. The Morgan fingerprint density at radius 2 is 1.96 bits per heavy atom. The Kier molecular flexibility index (Phi) is 2.61. The third-order valence-corrected chi connectivity index (χ3v) is 7.49. The normalized spacial score (nSPS) is 54.8. The summed E-state index contributed by atoms with van der Waals surface area (Å²) in [6, 6.07) is 0. The van der Waals surface area contributed by atoms with Crippen LogP contribution in [0.3, 0.4) is 0 Å². The van der Waals surface area contributed by atoms with E-state index < -0.39 is 45.5 Å². The summed E-state index contributed by atoms with van der Waals surface area (Å²) in [4.78, 5) is 37.5. The maximum atomic E-state index is 12.6. The number of hydrogen-bond donors (Lipinski definition) is 1. The van der Waals surface area contributed by atoms with Crippen molar-refractivity contribution in [3.63, 3.8) is 0 Å². The Labute approximate surface area is 139 Å². The van der Waals surface area contributed by atoms with Crippen molar-refractivity contribution in [1.29, 1.82) is 0 Å². The molecule has 1 N–H and O–H groups in total. The van der Waals surface area contributed by atoms with Crippen LogP contribution in [0.1, 0.15) is 46.5 Å². The van der Waals surface area contributed by atoms with Gasteiger partial charge in [0.05, 0.1) is 13.5 Å². The van der Waals surface area contributed by atoms with Gasteiger partial charge in [0.2, 0.25) is 5.60 Å². The Bertz CT molecular complexity index is 688. The first kappa shape index (κ1) is 15.9. The third-order valence-electron chi connectivity index (χ3n) is 7.49. The van der Waals surface area contributed by atoms with E-state index >= 15 is 0 Å². The molecule has 24 heavy (non-hydrogen) atoms. The van der Waals surface area contributed by atoms with Crippen LogP contribution in [0.2, 0.25) is 0 Å². The van der Waals surface area contributed by atoms with Crippen molar-refractivity contribution in [2.24, 2.45) is 16.7 Å². The van der Waals surface area contributed by atoms with Gasteiger partial charge in [-0.25, -0.2) is 4.79 Å². The molecule has 1 spiro atoms. The van der Waals surface area contributed by atoms with E-state index in [2.05, 4.69) is 0 Å². The number of methoxy groups -OCH3 is 1. The van der Waals surface area contributed by atoms with E-state index in [-0.39, 0.29) is 18.8 Å². The van der Waals surface area contributed by atoms with Crippen molar-refractivity contribution in [3.05, 3.63) is 0 Å². The molecule has 2 heterocycles. The van der Waals surface area contributed by atoms with Crippen molar-refractivity contribution in [3.8, 4) is 0 Å². The van der Waals surface area contributed by atoms with Crippen LogP contribution in [0.15, 0.2) is 0 Å². The molecule has 4 rings (SSSR count). The van der Waals surface area contributed by atoms with Gasteiger partial charge >= 0.3 is 17.9 Å². The van der Waals surface area contributed by atoms with E-state index in [1.54, 1.807) is 6.92 Å². The highest BCUT2D eigenvalue weighted by Gasteiger charge is 2.96. The number of rotatable bonds is 1. The second kappa shape index (κ2) is 3.95. The highest BCUT2D eigenvalue weighted by atomic mass is 16.7. The molecular formula is C17H22O7. The maximum absolute atomic E-state index is 12.6. The van der Waals surface area contributed by atoms with Gasteiger partial charge in [-0.2, -0.15) is 0 Å². The lowest BCUT2D eigenvalue weighted by Gasteiger charge is -2.56. The van der Waals surface area contributed by atoms with E-state index in [9.17, 15) is 19.5 Å². The maximum Gasteiger partial charge on any atom is 0.343 e. The average Bonchev–Trinajstić information content (AvgIpc) is 2.97. The first-order valence-electron chi connectivity index (χ1n) is 8.31. The molecule has 132 valence electrons. The third kappa shape index (κ3) is 1.15. The Balaban J connectivity index is 2.06. The van der Waals surface area contributed by atoms with Crippen LogP contribution >= 0.6 is 0 Å². The lowest BCUT2D eigenvalue weighted by Crippen LogP contribution is -2.71. The number of carbonyl (C=O) groups excluding carboxylic acids is 3. The molecule has 2 saturated heterocycles. The highest BCUT2D eigenvalue weighted by molar-refractivity contribution is 5.95. The topological polar surface area (TPSA) is 99.1 Å². The van der Waals surface area contributed by atoms with Crippen molar-refractivity contribution in [2.75, 3.05) is 7.11 Å². The number of hydrogen-bond acceptors (Lipinski definition) is 7. The fraction of sp³-hybridized carbons (Fsp3) is 0.824. The molecule has 7 heteroatoms. The van der Waals surface area contributed by atoms with E-state index in [1.165, 1.54) is 7.11 Å². The smallest absolute Gasteiger partial charge is 0.343 e. The largest absolute Gasteiger partial charge is 0.468 e. The molecule has 4 aliphatic rings. The standard InChI is InChI=1S/C17H22O7/c1-9-5-6-16-14(3,11(19)22-4)8-15(21,12(20)24-16)17(16)13(9,2)7-10(18)23-17/h9,21H,5-8H2,1-4H3/t9-,13+,14-,15+,16-,17-/m1/s1. The van der Waals surface area contributed by atoms with Crippen molar-refractivity contribution in [1.82, 2.24) is 0 Å². The summed E-state index contributed by atoms with van der Waals surface area (Å²) in [6.45, 7) is 5.47. The molecule has 6 atom stereocenters. The summed E-state index contributed by atoms with van der Waals surface area (Å²) in [5, 5.41) is 11.4. The summed E-state index contributed by atoms with van der Waals surface area (Å²) in [7, 11) is 1.26. The van der Waals surface area contributed by atoms with E-state index in [0.717, 1.165) is 0 Å². The fourth-order valence-corrected chi connectivity index (χ4v) is 6.22. The van der Waals surface area contributed by atoms with Gasteiger partial charge in [-0.1, -0.05) is 13.8 Å². The number of esters is 3. The summed E-state index contributed by atoms with van der Waals surface area (Å²) < 4.78 is 16.4. The van der Waals surface area contributed by atoms with Crippen LogP contribution in [0.25, 0.3) is 0 Å². The molecular weight excluding hydrogens is 316 g/mol. The SMILES string of the molecule is COC(=O)[C@@]1(C)C[C@]2(O)C(=O)O[C@]13CC[C@@H](C)[C@]1(C)CC(=O)O[C@]312. The molecule has 2 saturated carbocycles. The van der Waals surface area contributed by atoms with E-state index in [0.29, 0.717) is 12.8 Å². The molecule has 0 radical (unpaired) electrons. The van der Waals surface area contributed by atoms with Crippen molar-refractivity contribution in [2.45, 2.75) is 63.3 Å². The van der Waals surface area contributed by atoms with Gasteiger partial charge in [0.15, 0.2) is 11.2 Å². The van der Waals surface area contributed by atoms with Gasteiger partial charge in [0, 0.05) is 11.8 Å². The second-order valence-electron chi connectivity index (χ2n) is 8.27. The Morgan fingerprint density at radius 1 is 1.29 bits per heavy atom. The predicted molar refractivity (Wildman–Crippen MR) is 78.5 cm³/mol. The molecule has 0 unspecified atom stereocenters.